The third-order valence-electron chi connectivity index (χ3n) is 3.72. The van der Waals surface area contributed by atoms with Crippen LogP contribution in [0.25, 0.3) is 10.7 Å². The van der Waals surface area contributed by atoms with Gasteiger partial charge in [0, 0.05) is 31.0 Å². The Morgan fingerprint density at radius 2 is 2.16 bits per heavy atom. The maximum atomic E-state index is 4.87. The third kappa shape index (κ3) is 2.24. The van der Waals surface area contributed by atoms with Crippen molar-refractivity contribution in [1.29, 1.82) is 0 Å². The van der Waals surface area contributed by atoms with Crippen molar-refractivity contribution in [3.8, 4) is 10.7 Å². The SMILES string of the molecule is Brc1ccc(-c2nc3c(c(C4CC4)n2)CNCC3)s1. The highest BCUT2D eigenvalue weighted by Crippen LogP contribution is 2.42. The molecule has 1 aliphatic carbocycles. The van der Waals surface area contributed by atoms with Crippen LogP contribution in [0.5, 0.6) is 0 Å². The number of fused-ring (bicyclic) bond motifs is 1. The lowest BCUT2D eigenvalue weighted by atomic mass is 10.0. The Hall–Kier alpha value is -0.780. The second kappa shape index (κ2) is 4.65. The maximum Gasteiger partial charge on any atom is 0.169 e. The van der Waals surface area contributed by atoms with Crippen molar-refractivity contribution in [2.75, 3.05) is 6.54 Å². The molecule has 0 amide bonds. The summed E-state index contributed by atoms with van der Waals surface area (Å²) < 4.78 is 1.14. The molecule has 2 aromatic heterocycles. The van der Waals surface area contributed by atoms with Gasteiger partial charge in [0.15, 0.2) is 5.82 Å². The van der Waals surface area contributed by atoms with Crippen LogP contribution in [-0.2, 0) is 13.0 Å². The van der Waals surface area contributed by atoms with E-state index in [1.165, 1.54) is 29.8 Å². The van der Waals surface area contributed by atoms with Crippen molar-refractivity contribution < 1.29 is 0 Å². The van der Waals surface area contributed by atoms with Crippen LogP contribution >= 0.6 is 27.3 Å². The van der Waals surface area contributed by atoms with Gasteiger partial charge in [-0.2, -0.15) is 0 Å². The van der Waals surface area contributed by atoms with E-state index in [0.29, 0.717) is 5.92 Å². The predicted molar refractivity (Wildman–Crippen MR) is 80.4 cm³/mol. The number of halogens is 1. The summed E-state index contributed by atoms with van der Waals surface area (Å²) in [5.74, 6) is 1.59. The average molecular weight is 336 g/mol. The van der Waals surface area contributed by atoms with E-state index in [1.54, 1.807) is 11.3 Å². The topological polar surface area (TPSA) is 37.8 Å². The molecule has 1 saturated carbocycles. The molecule has 1 aliphatic heterocycles. The molecule has 5 heteroatoms. The summed E-state index contributed by atoms with van der Waals surface area (Å²) in [6.45, 7) is 1.97. The van der Waals surface area contributed by atoms with Crippen LogP contribution in [-0.4, -0.2) is 16.5 Å². The Balaban J connectivity index is 1.85. The van der Waals surface area contributed by atoms with Crippen LogP contribution in [0.2, 0.25) is 0 Å². The molecule has 0 spiro atoms. The highest BCUT2D eigenvalue weighted by atomic mass is 79.9. The Morgan fingerprint density at radius 1 is 1.26 bits per heavy atom. The molecule has 98 valence electrons. The van der Waals surface area contributed by atoms with Crippen LogP contribution in [0.3, 0.4) is 0 Å². The Morgan fingerprint density at radius 3 is 2.89 bits per heavy atom. The van der Waals surface area contributed by atoms with Crippen molar-refractivity contribution in [3.05, 3.63) is 32.9 Å². The molecule has 2 aliphatic rings. The minimum atomic E-state index is 0.679. The number of thiophene rings is 1. The number of rotatable bonds is 2. The number of nitrogens with one attached hydrogen (secondary N) is 1. The van der Waals surface area contributed by atoms with E-state index in [0.717, 1.165) is 34.0 Å². The van der Waals surface area contributed by atoms with E-state index in [9.17, 15) is 0 Å². The molecule has 1 fully saturated rings. The second-order valence-electron chi connectivity index (χ2n) is 5.16. The van der Waals surface area contributed by atoms with Gasteiger partial charge in [-0.15, -0.1) is 11.3 Å². The van der Waals surface area contributed by atoms with Gasteiger partial charge in [-0.3, -0.25) is 0 Å². The highest BCUT2D eigenvalue weighted by Gasteiger charge is 2.30. The smallest absolute Gasteiger partial charge is 0.169 e. The molecule has 0 aromatic carbocycles. The molecule has 4 rings (SSSR count). The van der Waals surface area contributed by atoms with Gasteiger partial charge in [-0.05, 0) is 40.9 Å². The first-order chi connectivity index (χ1) is 9.31. The minimum Gasteiger partial charge on any atom is -0.312 e. The predicted octanol–water partition coefficient (Wildman–Crippen LogP) is 3.49. The fourth-order valence-electron chi connectivity index (χ4n) is 2.61. The summed E-state index contributed by atoms with van der Waals surface area (Å²) >= 11 is 5.23. The highest BCUT2D eigenvalue weighted by molar-refractivity contribution is 9.11. The zero-order valence-electron chi connectivity index (χ0n) is 10.4. The van der Waals surface area contributed by atoms with Crippen LogP contribution in [0.1, 0.15) is 35.7 Å². The Labute approximate surface area is 124 Å². The summed E-state index contributed by atoms with van der Waals surface area (Å²) in [6, 6.07) is 4.18. The third-order valence-corrected chi connectivity index (χ3v) is 5.34. The molecule has 3 nitrogen and oxygen atoms in total. The molecular weight excluding hydrogens is 322 g/mol. The lowest BCUT2D eigenvalue weighted by Gasteiger charge is -2.19. The van der Waals surface area contributed by atoms with Crippen molar-refractivity contribution >= 4 is 27.3 Å². The zero-order chi connectivity index (χ0) is 12.8. The molecule has 1 N–H and O–H groups in total. The van der Waals surface area contributed by atoms with E-state index < -0.39 is 0 Å². The monoisotopic (exact) mass is 335 g/mol. The van der Waals surface area contributed by atoms with E-state index in [4.69, 9.17) is 9.97 Å². The van der Waals surface area contributed by atoms with Crippen LogP contribution in [0.4, 0.5) is 0 Å². The molecule has 0 atom stereocenters. The van der Waals surface area contributed by atoms with Crippen molar-refractivity contribution in [3.63, 3.8) is 0 Å². The van der Waals surface area contributed by atoms with E-state index >= 15 is 0 Å². The molecule has 0 radical (unpaired) electrons. The van der Waals surface area contributed by atoms with E-state index in [-0.39, 0.29) is 0 Å². The fourth-order valence-corrected chi connectivity index (χ4v) is 3.93. The summed E-state index contributed by atoms with van der Waals surface area (Å²) in [7, 11) is 0. The number of hydrogen-bond acceptors (Lipinski definition) is 4. The Bertz CT molecular complexity index is 634. The van der Waals surface area contributed by atoms with E-state index in [2.05, 4.69) is 33.4 Å². The first kappa shape index (κ1) is 12.0. The maximum absolute atomic E-state index is 4.87. The van der Waals surface area contributed by atoms with Gasteiger partial charge < -0.3 is 5.32 Å². The summed E-state index contributed by atoms with van der Waals surface area (Å²) in [5.41, 5.74) is 3.93. The van der Waals surface area contributed by atoms with Gasteiger partial charge in [-0.25, -0.2) is 9.97 Å². The molecular formula is C14H14BrN3S. The zero-order valence-corrected chi connectivity index (χ0v) is 12.9. The fraction of sp³-hybridized carbons (Fsp3) is 0.429. The average Bonchev–Trinajstić information content (AvgIpc) is 3.19. The van der Waals surface area contributed by atoms with Crippen molar-refractivity contribution in [1.82, 2.24) is 15.3 Å². The van der Waals surface area contributed by atoms with Gasteiger partial charge >= 0.3 is 0 Å². The molecule has 2 aromatic rings. The van der Waals surface area contributed by atoms with Gasteiger partial charge in [0.05, 0.1) is 20.1 Å². The molecule has 19 heavy (non-hydrogen) atoms. The standard InChI is InChI=1S/C14H14BrN3S/c15-12-4-3-11(19-12)14-17-10-5-6-16-7-9(10)13(18-14)8-1-2-8/h3-4,8,16H,1-2,5-7H2. The lowest BCUT2D eigenvalue weighted by molar-refractivity contribution is 0.617. The first-order valence-corrected chi connectivity index (χ1v) is 8.28. The molecule has 0 bridgehead atoms. The van der Waals surface area contributed by atoms with E-state index in [1.807, 2.05) is 0 Å². The number of aromatic nitrogens is 2. The summed E-state index contributed by atoms with van der Waals surface area (Å²) in [5, 5.41) is 3.44. The number of hydrogen-bond donors (Lipinski definition) is 1. The molecule has 0 saturated heterocycles. The summed E-state index contributed by atoms with van der Waals surface area (Å²) in [6.07, 6.45) is 3.60. The largest absolute Gasteiger partial charge is 0.312 e. The van der Waals surface area contributed by atoms with Crippen LogP contribution in [0.15, 0.2) is 15.9 Å². The number of nitrogens with zero attached hydrogens (tertiary/aromatic N) is 2. The van der Waals surface area contributed by atoms with Crippen LogP contribution in [0, 0.1) is 0 Å². The van der Waals surface area contributed by atoms with Gasteiger partial charge in [-0.1, -0.05) is 0 Å². The van der Waals surface area contributed by atoms with Crippen molar-refractivity contribution in [2.24, 2.45) is 0 Å². The normalized spacial score (nSPS) is 18.4. The van der Waals surface area contributed by atoms with Crippen LogP contribution < -0.4 is 5.32 Å². The molecule has 0 unspecified atom stereocenters. The summed E-state index contributed by atoms with van der Waals surface area (Å²) in [4.78, 5) is 10.8. The van der Waals surface area contributed by atoms with Gasteiger partial charge in [0.1, 0.15) is 0 Å². The van der Waals surface area contributed by atoms with Crippen molar-refractivity contribution in [2.45, 2.75) is 31.7 Å². The minimum absolute atomic E-state index is 0.679. The quantitative estimate of drug-likeness (QED) is 0.912. The van der Waals surface area contributed by atoms with Gasteiger partial charge in [0.25, 0.3) is 0 Å². The van der Waals surface area contributed by atoms with Gasteiger partial charge in [0.2, 0.25) is 0 Å². The lowest BCUT2D eigenvalue weighted by Crippen LogP contribution is -2.26. The first-order valence-electron chi connectivity index (χ1n) is 6.67. The molecule has 3 heterocycles. The Kier molecular flexibility index (Phi) is 2.94. The second-order valence-corrected chi connectivity index (χ2v) is 7.63.